The lowest BCUT2D eigenvalue weighted by Gasteiger charge is -2.32. The Balaban J connectivity index is 1.58. The molecule has 190 valence electrons. The molecule has 2 fully saturated rings. The summed E-state index contributed by atoms with van der Waals surface area (Å²) in [5, 5.41) is 0. The van der Waals surface area contributed by atoms with Gasteiger partial charge in [-0.25, -0.2) is 23.7 Å². The number of hydrogen-bond acceptors (Lipinski definition) is 6. The van der Waals surface area contributed by atoms with Crippen molar-refractivity contribution in [3.8, 4) is 0 Å². The summed E-state index contributed by atoms with van der Waals surface area (Å²) in [6.45, 7) is 5.41. The molecule has 8 nitrogen and oxygen atoms in total. The van der Waals surface area contributed by atoms with Gasteiger partial charge in [0.15, 0.2) is 11.7 Å². The number of benzene rings is 1. The first-order valence-corrected chi connectivity index (χ1v) is 12.7. The van der Waals surface area contributed by atoms with Gasteiger partial charge in [0.1, 0.15) is 17.7 Å². The topological polar surface area (TPSA) is 69.7 Å². The van der Waals surface area contributed by atoms with E-state index >= 15 is 0 Å². The highest BCUT2D eigenvalue weighted by Gasteiger charge is 2.31. The third kappa shape index (κ3) is 4.12. The van der Waals surface area contributed by atoms with Crippen LogP contribution in [-0.2, 0) is 15.9 Å². The standard InChI is InChI=1S/C26H30F2N6O2/c1-17-9-10-20-22(29-16-33(20)21-8-4-5-13-36-21)25(31-24(17)32-11-14-35-15-12-32)34-19-7-3-2-6-18(19)30-26(34)23(27)28/h2-3,6-7,16,21,23H,4-5,8-15H2,1H3. The Morgan fingerprint density at radius 1 is 1.06 bits per heavy atom. The number of morpholine rings is 1. The molecular weight excluding hydrogens is 466 g/mol. The van der Waals surface area contributed by atoms with Crippen LogP contribution in [0.4, 0.5) is 8.78 Å². The fraction of sp³-hybridized carbons (Fsp3) is 0.500. The van der Waals surface area contributed by atoms with Gasteiger partial charge in [0, 0.05) is 19.7 Å². The molecule has 5 heterocycles. The molecule has 1 atom stereocenters. The Labute approximate surface area is 208 Å². The average molecular weight is 497 g/mol. The molecule has 36 heavy (non-hydrogen) atoms. The molecule has 1 unspecified atom stereocenters. The molecule has 3 aliphatic rings. The summed E-state index contributed by atoms with van der Waals surface area (Å²) in [6, 6.07) is 7.19. The van der Waals surface area contributed by atoms with E-state index in [1.54, 1.807) is 24.5 Å². The SMILES string of the molecule is CC1=C(N2CCOCC2)N=C(n2c(C(F)F)nc3ccccc32)c2ncn(C3CCCCO3)c2CC1. The molecule has 0 radical (unpaired) electrons. The first-order valence-electron chi connectivity index (χ1n) is 12.7. The van der Waals surface area contributed by atoms with Crippen LogP contribution in [0.3, 0.4) is 0 Å². The van der Waals surface area contributed by atoms with Crippen LogP contribution in [0.25, 0.3) is 11.0 Å². The minimum atomic E-state index is -2.77. The lowest BCUT2D eigenvalue weighted by molar-refractivity contribution is -0.0334. The normalized spacial score (nSPS) is 21.5. The molecule has 0 N–H and O–H groups in total. The second-order valence-corrected chi connectivity index (χ2v) is 9.50. The average Bonchev–Trinajstić information content (AvgIpc) is 3.50. The van der Waals surface area contributed by atoms with Gasteiger partial charge in [-0.3, -0.25) is 4.57 Å². The van der Waals surface area contributed by atoms with Crippen LogP contribution in [0.1, 0.15) is 62.5 Å². The number of ether oxygens (including phenoxy) is 2. The molecule has 10 heteroatoms. The summed E-state index contributed by atoms with van der Waals surface area (Å²) in [6.07, 6.45) is 3.45. The maximum Gasteiger partial charge on any atom is 0.296 e. The van der Waals surface area contributed by atoms with Gasteiger partial charge in [-0.1, -0.05) is 12.1 Å². The number of aliphatic imine (C=N–C) groups is 1. The van der Waals surface area contributed by atoms with Crippen molar-refractivity contribution in [2.45, 2.75) is 51.7 Å². The van der Waals surface area contributed by atoms with Gasteiger partial charge in [-0.15, -0.1) is 0 Å². The monoisotopic (exact) mass is 496 g/mol. The number of nitrogens with zero attached hydrogens (tertiary/aromatic N) is 6. The van der Waals surface area contributed by atoms with Crippen molar-refractivity contribution < 1.29 is 18.3 Å². The summed E-state index contributed by atoms with van der Waals surface area (Å²) in [7, 11) is 0. The van der Waals surface area contributed by atoms with E-state index in [0.717, 1.165) is 42.8 Å². The maximum atomic E-state index is 14.4. The molecular formula is C26H30F2N6O2. The van der Waals surface area contributed by atoms with E-state index in [1.807, 2.05) is 6.07 Å². The van der Waals surface area contributed by atoms with Gasteiger partial charge in [0.2, 0.25) is 0 Å². The molecule has 0 aliphatic carbocycles. The lowest BCUT2D eigenvalue weighted by atomic mass is 10.0. The largest absolute Gasteiger partial charge is 0.378 e. The van der Waals surface area contributed by atoms with Crippen molar-refractivity contribution >= 4 is 16.9 Å². The number of halogens is 2. The van der Waals surface area contributed by atoms with Crippen molar-refractivity contribution in [2.75, 3.05) is 32.9 Å². The van der Waals surface area contributed by atoms with Gasteiger partial charge in [0.05, 0.1) is 36.3 Å². The summed E-state index contributed by atoms with van der Waals surface area (Å²) in [4.78, 5) is 16.4. The van der Waals surface area contributed by atoms with Gasteiger partial charge < -0.3 is 18.9 Å². The first kappa shape index (κ1) is 23.3. The first-order chi connectivity index (χ1) is 17.6. The van der Waals surface area contributed by atoms with Gasteiger partial charge >= 0.3 is 0 Å². The highest BCUT2D eigenvalue weighted by atomic mass is 19.3. The number of hydrogen-bond donors (Lipinski definition) is 0. The van der Waals surface area contributed by atoms with E-state index in [0.29, 0.717) is 61.9 Å². The number of imidazole rings is 2. The summed E-state index contributed by atoms with van der Waals surface area (Å²) in [5.41, 5.74) is 3.76. The second kappa shape index (κ2) is 9.74. The zero-order valence-corrected chi connectivity index (χ0v) is 20.4. The van der Waals surface area contributed by atoms with Crippen LogP contribution >= 0.6 is 0 Å². The third-order valence-electron chi connectivity index (χ3n) is 7.21. The highest BCUT2D eigenvalue weighted by molar-refractivity contribution is 6.05. The molecule has 2 aromatic heterocycles. The van der Waals surface area contributed by atoms with E-state index in [1.165, 1.54) is 4.57 Å². The maximum absolute atomic E-state index is 14.4. The Morgan fingerprint density at radius 2 is 1.89 bits per heavy atom. The third-order valence-corrected chi connectivity index (χ3v) is 7.21. The Hall–Kier alpha value is -3.11. The van der Waals surface area contributed by atoms with Crippen LogP contribution in [0, 0.1) is 0 Å². The van der Waals surface area contributed by atoms with Crippen LogP contribution < -0.4 is 0 Å². The predicted octanol–water partition coefficient (Wildman–Crippen LogP) is 4.67. The van der Waals surface area contributed by atoms with Crippen molar-refractivity contribution in [3.63, 3.8) is 0 Å². The molecule has 0 saturated carbocycles. The molecule has 2 saturated heterocycles. The number of aromatic nitrogens is 4. The van der Waals surface area contributed by atoms with E-state index < -0.39 is 6.43 Å². The van der Waals surface area contributed by atoms with Crippen LogP contribution in [0.5, 0.6) is 0 Å². The van der Waals surface area contributed by atoms with Crippen LogP contribution in [0.15, 0.2) is 47.0 Å². The summed E-state index contributed by atoms with van der Waals surface area (Å²) < 4.78 is 44.0. The molecule has 0 spiro atoms. The molecule has 1 aromatic carbocycles. The lowest BCUT2D eigenvalue weighted by Crippen LogP contribution is -2.36. The van der Waals surface area contributed by atoms with E-state index in [-0.39, 0.29) is 12.1 Å². The molecule has 3 aromatic rings. The fourth-order valence-electron chi connectivity index (χ4n) is 5.36. The smallest absolute Gasteiger partial charge is 0.296 e. The number of rotatable bonds is 3. The van der Waals surface area contributed by atoms with Gasteiger partial charge in [0.25, 0.3) is 6.43 Å². The Morgan fingerprint density at radius 3 is 2.67 bits per heavy atom. The van der Waals surface area contributed by atoms with Gasteiger partial charge in [-0.2, -0.15) is 0 Å². The molecule has 0 bridgehead atoms. The van der Waals surface area contributed by atoms with E-state index in [9.17, 15) is 8.78 Å². The van der Waals surface area contributed by atoms with Crippen LogP contribution in [0.2, 0.25) is 0 Å². The minimum absolute atomic E-state index is 0.104. The van der Waals surface area contributed by atoms with E-state index in [2.05, 4.69) is 21.4 Å². The molecule has 6 rings (SSSR count). The highest BCUT2D eigenvalue weighted by Crippen LogP contribution is 2.32. The number of alkyl halides is 2. The minimum Gasteiger partial charge on any atom is -0.378 e. The Kier molecular flexibility index (Phi) is 6.30. The second-order valence-electron chi connectivity index (χ2n) is 9.50. The van der Waals surface area contributed by atoms with Crippen molar-refractivity contribution in [1.82, 2.24) is 24.0 Å². The predicted molar refractivity (Wildman–Crippen MR) is 131 cm³/mol. The molecule has 3 aliphatic heterocycles. The van der Waals surface area contributed by atoms with E-state index in [4.69, 9.17) is 19.5 Å². The summed E-state index contributed by atoms with van der Waals surface area (Å²) in [5.74, 6) is 0.855. The Bertz CT molecular complexity index is 1320. The van der Waals surface area contributed by atoms with Crippen molar-refractivity contribution in [3.05, 3.63) is 59.2 Å². The zero-order valence-electron chi connectivity index (χ0n) is 20.4. The summed E-state index contributed by atoms with van der Waals surface area (Å²) >= 11 is 0. The quantitative estimate of drug-likeness (QED) is 0.527. The number of allylic oxidation sites excluding steroid dienone is 1. The molecule has 0 amide bonds. The number of fused-ring (bicyclic) bond motifs is 2. The van der Waals surface area contributed by atoms with Crippen LogP contribution in [-0.4, -0.2) is 62.7 Å². The van der Waals surface area contributed by atoms with Crippen molar-refractivity contribution in [2.24, 2.45) is 4.99 Å². The fourth-order valence-corrected chi connectivity index (χ4v) is 5.36. The number of para-hydroxylation sites is 2. The van der Waals surface area contributed by atoms with Crippen molar-refractivity contribution in [1.29, 1.82) is 0 Å². The zero-order chi connectivity index (χ0) is 24.6. The van der Waals surface area contributed by atoms with Gasteiger partial charge in [-0.05, 0) is 56.7 Å².